The monoisotopic (exact) mass is 267 g/mol. The molecule has 0 bridgehead atoms. The maximum Gasteiger partial charge on any atom is 0.161 e. The van der Waals surface area contributed by atoms with Gasteiger partial charge in [-0.3, -0.25) is 0 Å². The number of imidazole rings is 1. The molecule has 1 aromatic carbocycles. The molecular weight excluding hydrogens is 248 g/mol. The van der Waals surface area contributed by atoms with Gasteiger partial charge in [-0.2, -0.15) is 0 Å². The lowest BCUT2D eigenvalue weighted by molar-refractivity contribution is 0.508. The lowest BCUT2D eigenvalue weighted by atomic mass is 10.2. The largest absolute Gasteiger partial charge is 0.326 e. The van der Waals surface area contributed by atoms with Crippen LogP contribution in [0.3, 0.4) is 0 Å². The average Bonchev–Trinajstić information content (AvgIpc) is 2.68. The zero-order valence-corrected chi connectivity index (χ0v) is 11.3. The van der Waals surface area contributed by atoms with E-state index in [0.29, 0.717) is 17.6 Å². The van der Waals surface area contributed by atoms with Gasteiger partial charge in [-0.25, -0.2) is 13.8 Å². The van der Waals surface area contributed by atoms with E-state index in [4.69, 9.17) is 5.73 Å². The summed E-state index contributed by atoms with van der Waals surface area (Å²) in [6.07, 6.45) is 2.53. The van der Waals surface area contributed by atoms with E-state index in [1.54, 1.807) is 0 Å². The molecule has 0 spiro atoms. The summed E-state index contributed by atoms with van der Waals surface area (Å²) in [5.41, 5.74) is 7.08. The average molecular weight is 267 g/mol. The van der Waals surface area contributed by atoms with Gasteiger partial charge in [-0.1, -0.05) is 13.8 Å². The van der Waals surface area contributed by atoms with Crippen LogP contribution in [0.15, 0.2) is 12.1 Å². The third-order valence-electron chi connectivity index (χ3n) is 3.28. The molecule has 1 unspecified atom stereocenters. The summed E-state index contributed by atoms with van der Waals surface area (Å²) in [5.74, 6) is -0.867. The van der Waals surface area contributed by atoms with Gasteiger partial charge < -0.3 is 10.3 Å². The highest BCUT2D eigenvalue weighted by Gasteiger charge is 2.15. The fraction of sp³-hybridized carbons (Fsp3) is 0.500. The second kappa shape index (κ2) is 5.65. The van der Waals surface area contributed by atoms with Gasteiger partial charge in [-0.05, 0) is 12.8 Å². The van der Waals surface area contributed by atoms with Crippen LogP contribution in [0.5, 0.6) is 0 Å². The smallest absolute Gasteiger partial charge is 0.161 e. The van der Waals surface area contributed by atoms with Gasteiger partial charge in [-0.15, -0.1) is 0 Å². The number of hydrogen-bond donors (Lipinski definition) is 1. The standard InChI is InChI=1S/C14H19F2N3/c1-3-5-14-18-12-6-10(15)11(16)7-13(12)19(14)8-9(17)4-2/h6-7,9H,3-5,8,17H2,1-2H3. The fourth-order valence-corrected chi connectivity index (χ4v) is 2.15. The zero-order chi connectivity index (χ0) is 14.0. The first kappa shape index (κ1) is 13.9. The third-order valence-corrected chi connectivity index (χ3v) is 3.28. The Bertz CT molecular complexity index is 578. The molecule has 0 amide bonds. The van der Waals surface area contributed by atoms with Crippen molar-refractivity contribution in [3.63, 3.8) is 0 Å². The minimum Gasteiger partial charge on any atom is -0.326 e. The van der Waals surface area contributed by atoms with Crippen molar-refractivity contribution in [1.82, 2.24) is 9.55 Å². The molecule has 3 nitrogen and oxygen atoms in total. The summed E-state index contributed by atoms with van der Waals surface area (Å²) in [6, 6.07) is 2.35. The van der Waals surface area contributed by atoms with Gasteiger partial charge in [0.2, 0.25) is 0 Å². The Kier molecular flexibility index (Phi) is 4.14. The van der Waals surface area contributed by atoms with Crippen LogP contribution in [0.4, 0.5) is 8.78 Å². The van der Waals surface area contributed by atoms with E-state index in [0.717, 1.165) is 31.2 Å². The molecule has 0 saturated heterocycles. The minimum atomic E-state index is -0.861. The van der Waals surface area contributed by atoms with Gasteiger partial charge in [0.15, 0.2) is 11.6 Å². The van der Waals surface area contributed by atoms with Crippen LogP contribution >= 0.6 is 0 Å². The van der Waals surface area contributed by atoms with Crippen molar-refractivity contribution in [1.29, 1.82) is 0 Å². The Morgan fingerprint density at radius 2 is 1.95 bits per heavy atom. The molecule has 104 valence electrons. The molecule has 0 aliphatic heterocycles. The highest BCUT2D eigenvalue weighted by Crippen LogP contribution is 2.21. The predicted octanol–water partition coefficient (Wildman–Crippen LogP) is 3.00. The van der Waals surface area contributed by atoms with Crippen LogP contribution in [0, 0.1) is 11.6 Å². The lowest BCUT2D eigenvalue weighted by Crippen LogP contribution is -2.26. The maximum absolute atomic E-state index is 13.4. The number of halogens is 2. The van der Waals surface area contributed by atoms with E-state index < -0.39 is 11.6 Å². The summed E-state index contributed by atoms with van der Waals surface area (Å²) in [4.78, 5) is 4.39. The molecule has 0 aliphatic rings. The number of nitrogens with two attached hydrogens (primary N) is 1. The predicted molar refractivity (Wildman–Crippen MR) is 71.9 cm³/mol. The van der Waals surface area contributed by atoms with Crippen LogP contribution in [0.1, 0.15) is 32.5 Å². The first-order valence-electron chi connectivity index (χ1n) is 6.66. The number of benzene rings is 1. The van der Waals surface area contributed by atoms with Gasteiger partial charge >= 0.3 is 0 Å². The molecule has 1 aromatic heterocycles. The summed E-state index contributed by atoms with van der Waals surface area (Å²) < 4.78 is 28.6. The molecule has 5 heteroatoms. The number of nitrogens with zero attached hydrogens (tertiary/aromatic N) is 2. The van der Waals surface area contributed by atoms with E-state index in [2.05, 4.69) is 4.98 Å². The molecule has 2 N–H and O–H groups in total. The van der Waals surface area contributed by atoms with Crippen LogP contribution in [-0.2, 0) is 13.0 Å². The van der Waals surface area contributed by atoms with E-state index in [1.165, 1.54) is 6.07 Å². The summed E-state index contributed by atoms with van der Waals surface area (Å²) in [6.45, 7) is 4.63. The zero-order valence-electron chi connectivity index (χ0n) is 11.3. The second-order valence-electron chi connectivity index (χ2n) is 4.81. The highest BCUT2D eigenvalue weighted by atomic mass is 19.2. The molecule has 1 atom stereocenters. The normalized spacial score (nSPS) is 13.1. The van der Waals surface area contributed by atoms with Gasteiger partial charge in [0.1, 0.15) is 5.82 Å². The molecule has 0 fully saturated rings. The molecular formula is C14H19F2N3. The number of hydrogen-bond acceptors (Lipinski definition) is 2. The number of aromatic nitrogens is 2. The number of aryl methyl sites for hydroxylation is 1. The van der Waals surface area contributed by atoms with Gasteiger partial charge in [0, 0.05) is 31.1 Å². The van der Waals surface area contributed by atoms with Gasteiger partial charge in [0.25, 0.3) is 0 Å². The summed E-state index contributed by atoms with van der Waals surface area (Å²) in [7, 11) is 0. The Hall–Kier alpha value is -1.49. The lowest BCUT2D eigenvalue weighted by Gasteiger charge is -2.13. The van der Waals surface area contributed by atoms with Crippen LogP contribution in [-0.4, -0.2) is 15.6 Å². The van der Waals surface area contributed by atoms with Crippen LogP contribution < -0.4 is 5.73 Å². The highest BCUT2D eigenvalue weighted by molar-refractivity contribution is 5.76. The number of rotatable bonds is 5. The van der Waals surface area contributed by atoms with E-state index in [-0.39, 0.29) is 6.04 Å². The Morgan fingerprint density at radius 3 is 2.58 bits per heavy atom. The van der Waals surface area contributed by atoms with Crippen molar-refractivity contribution < 1.29 is 8.78 Å². The Labute approximate surface area is 111 Å². The molecule has 1 heterocycles. The van der Waals surface area contributed by atoms with Crippen molar-refractivity contribution in [3.8, 4) is 0 Å². The quantitative estimate of drug-likeness (QED) is 0.905. The van der Waals surface area contributed by atoms with Crippen LogP contribution in [0.2, 0.25) is 0 Å². The SMILES string of the molecule is CCCc1nc2cc(F)c(F)cc2n1CC(N)CC. The summed E-state index contributed by atoms with van der Waals surface area (Å²) >= 11 is 0. The van der Waals surface area contributed by atoms with E-state index >= 15 is 0 Å². The molecule has 0 saturated carbocycles. The van der Waals surface area contributed by atoms with Crippen molar-refractivity contribution in [3.05, 3.63) is 29.6 Å². The topological polar surface area (TPSA) is 43.8 Å². The first-order valence-corrected chi connectivity index (χ1v) is 6.66. The fourth-order valence-electron chi connectivity index (χ4n) is 2.15. The van der Waals surface area contributed by atoms with Crippen molar-refractivity contribution in [2.75, 3.05) is 0 Å². The van der Waals surface area contributed by atoms with Crippen molar-refractivity contribution in [2.24, 2.45) is 5.73 Å². The molecule has 2 aromatic rings. The van der Waals surface area contributed by atoms with Crippen molar-refractivity contribution in [2.45, 2.75) is 45.7 Å². The van der Waals surface area contributed by atoms with E-state index in [1.807, 2.05) is 18.4 Å². The maximum atomic E-state index is 13.4. The molecule has 0 radical (unpaired) electrons. The molecule has 19 heavy (non-hydrogen) atoms. The van der Waals surface area contributed by atoms with Crippen molar-refractivity contribution >= 4 is 11.0 Å². The second-order valence-corrected chi connectivity index (χ2v) is 4.81. The molecule has 2 rings (SSSR count). The van der Waals surface area contributed by atoms with Crippen LogP contribution in [0.25, 0.3) is 11.0 Å². The number of fused-ring (bicyclic) bond motifs is 1. The van der Waals surface area contributed by atoms with E-state index in [9.17, 15) is 8.78 Å². The molecule has 0 aliphatic carbocycles. The summed E-state index contributed by atoms with van der Waals surface area (Å²) in [5, 5.41) is 0. The Balaban J connectivity index is 2.55. The minimum absolute atomic E-state index is 0.0129. The third kappa shape index (κ3) is 2.76. The van der Waals surface area contributed by atoms with Gasteiger partial charge in [0.05, 0.1) is 11.0 Å². The first-order chi connectivity index (χ1) is 9.06. The Morgan fingerprint density at radius 1 is 1.26 bits per heavy atom.